The second-order valence-corrected chi connectivity index (χ2v) is 10.4. The van der Waals surface area contributed by atoms with Crippen LogP contribution in [0.3, 0.4) is 0 Å². The maximum Gasteiger partial charge on any atom is 0.251 e. The number of anilines is 1. The molecule has 11 heteroatoms. The van der Waals surface area contributed by atoms with E-state index in [1.807, 2.05) is 6.07 Å². The highest BCUT2D eigenvalue weighted by atomic mass is 32.2. The predicted octanol–water partition coefficient (Wildman–Crippen LogP) is 1.74. The number of hydrogen-bond acceptors (Lipinski definition) is 8. The molecule has 0 bridgehead atoms. The number of ether oxygens (including phenoxy) is 1. The Morgan fingerprint density at radius 1 is 1.28 bits per heavy atom. The lowest BCUT2D eigenvalue weighted by Crippen LogP contribution is -2.54. The summed E-state index contributed by atoms with van der Waals surface area (Å²) in [6.45, 7) is 2.43. The van der Waals surface area contributed by atoms with Gasteiger partial charge in [-0.15, -0.1) is 0 Å². The third-order valence-corrected chi connectivity index (χ3v) is 8.01. The minimum absolute atomic E-state index is 0.0299. The molecule has 9 nitrogen and oxygen atoms in total. The quantitative estimate of drug-likeness (QED) is 0.476. The van der Waals surface area contributed by atoms with Gasteiger partial charge < -0.3 is 20.5 Å². The van der Waals surface area contributed by atoms with Crippen LogP contribution in [0.15, 0.2) is 46.3 Å². The smallest absolute Gasteiger partial charge is 0.251 e. The van der Waals surface area contributed by atoms with E-state index in [1.165, 1.54) is 23.9 Å². The zero-order valence-electron chi connectivity index (χ0n) is 19.4. The summed E-state index contributed by atoms with van der Waals surface area (Å²) in [5.74, 6) is -0.00232. The summed E-state index contributed by atoms with van der Waals surface area (Å²) in [4.78, 5) is 30.9. The normalized spacial score (nSPS) is 23.7. The molecule has 3 aliphatic rings. The average Bonchev–Trinajstić information content (AvgIpc) is 2.87. The van der Waals surface area contributed by atoms with E-state index in [9.17, 15) is 19.1 Å². The molecule has 0 aliphatic carbocycles. The van der Waals surface area contributed by atoms with Crippen LogP contribution in [0.5, 0.6) is 5.75 Å². The number of aliphatic hydroxyl groups is 1. The number of benzene rings is 1. The molecule has 3 atom stereocenters. The van der Waals surface area contributed by atoms with Gasteiger partial charge in [0.2, 0.25) is 5.91 Å². The standard InChI is InChI=1S/C25H26FN5O4S/c26-17-3-1-15-2-4-22(34)31-16(12-35-24(17)23(15)31)10-30-6-5-18(20(32)11-30)27-8-14-7-19-25(28-9-14)36-13-21(33)29-19/h1-4,7,9,16,18,20,27,32H,5-6,8,10-13H2,(H,29,33)/t16-,18+,20-/m1/s1. The SMILES string of the molecule is O=C1CSc2ncc(CN[C@H]3CCN(C[C@@H]4COc5c(F)ccc6ccc(=O)n4c56)C[C@H]3O)cc2N1. The van der Waals surface area contributed by atoms with Gasteiger partial charge in [-0.3, -0.25) is 19.1 Å². The highest BCUT2D eigenvalue weighted by molar-refractivity contribution is 8.00. The molecule has 3 aliphatic heterocycles. The van der Waals surface area contributed by atoms with Gasteiger partial charge in [-0.1, -0.05) is 11.8 Å². The van der Waals surface area contributed by atoms with Crippen molar-refractivity contribution >= 4 is 34.3 Å². The number of thioether (sulfide) groups is 1. The fourth-order valence-electron chi connectivity index (χ4n) is 5.25. The number of fused-ring (bicyclic) bond motifs is 1. The molecule has 0 saturated carbocycles. The lowest BCUT2D eigenvalue weighted by atomic mass is 10.0. The van der Waals surface area contributed by atoms with Gasteiger partial charge in [-0.25, -0.2) is 9.37 Å². The fraction of sp³-hybridized carbons (Fsp3) is 0.400. The van der Waals surface area contributed by atoms with Crippen LogP contribution in [-0.4, -0.2) is 69.6 Å². The van der Waals surface area contributed by atoms with Crippen LogP contribution < -0.4 is 20.9 Å². The summed E-state index contributed by atoms with van der Waals surface area (Å²) in [5.41, 5.74) is 1.97. The van der Waals surface area contributed by atoms with Crippen molar-refractivity contribution in [3.05, 3.63) is 58.3 Å². The highest BCUT2D eigenvalue weighted by Crippen LogP contribution is 2.34. The minimum atomic E-state index is -0.596. The molecule has 36 heavy (non-hydrogen) atoms. The Morgan fingerprint density at radius 3 is 3.00 bits per heavy atom. The number of aliphatic hydroxyl groups excluding tert-OH is 1. The number of piperidine rings is 1. The number of rotatable bonds is 5. The predicted molar refractivity (Wildman–Crippen MR) is 134 cm³/mol. The van der Waals surface area contributed by atoms with Crippen molar-refractivity contribution < 1.29 is 19.0 Å². The number of nitrogens with zero attached hydrogens (tertiary/aromatic N) is 3. The van der Waals surface area contributed by atoms with Gasteiger partial charge in [0.05, 0.1) is 29.1 Å². The summed E-state index contributed by atoms with van der Waals surface area (Å²) in [6, 6.07) is 7.76. The van der Waals surface area contributed by atoms with Gasteiger partial charge in [0.1, 0.15) is 11.6 Å². The number of halogens is 1. The number of aromatic nitrogens is 2. The number of likely N-dealkylation sites (tertiary alicyclic amines) is 1. The molecule has 5 heterocycles. The van der Waals surface area contributed by atoms with E-state index >= 15 is 0 Å². The number of carbonyl (C=O) groups excluding carboxylic acids is 1. The van der Waals surface area contributed by atoms with Crippen molar-refractivity contribution in [1.82, 2.24) is 19.8 Å². The Balaban J connectivity index is 1.10. The monoisotopic (exact) mass is 511 g/mol. The van der Waals surface area contributed by atoms with Gasteiger partial charge in [0.15, 0.2) is 11.6 Å². The zero-order valence-corrected chi connectivity index (χ0v) is 20.3. The van der Waals surface area contributed by atoms with Gasteiger partial charge in [-0.05, 0) is 42.8 Å². The number of β-amino-alcohol motifs (C(OH)–C–C–N with tert-alkyl or cyclic N) is 1. The molecule has 188 valence electrons. The highest BCUT2D eigenvalue weighted by Gasteiger charge is 2.32. The Morgan fingerprint density at radius 2 is 2.14 bits per heavy atom. The van der Waals surface area contributed by atoms with Crippen molar-refractivity contribution in [2.24, 2.45) is 0 Å². The molecule has 1 aromatic carbocycles. The molecule has 6 rings (SSSR count). The van der Waals surface area contributed by atoms with Crippen LogP contribution >= 0.6 is 11.8 Å². The number of nitrogens with one attached hydrogen (secondary N) is 2. The first-order valence-electron chi connectivity index (χ1n) is 12.0. The first-order valence-corrected chi connectivity index (χ1v) is 13.0. The van der Waals surface area contributed by atoms with Crippen molar-refractivity contribution in [3.63, 3.8) is 0 Å². The van der Waals surface area contributed by atoms with Gasteiger partial charge in [0.25, 0.3) is 5.56 Å². The Hall–Kier alpha value is -2.99. The van der Waals surface area contributed by atoms with E-state index in [4.69, 9.17) is 4.74 Å². The molecule has 0 spiro atoms. The van der Waals surface area contributed by atoms with Crippen molar-refractivity contribution in [2.75, 3.05) is 37.3 Å². The summed E-state index contributed by atoms with van der Waals surface area (Å²) in [5, 5.41) is 18.7. The second kappa shape index (κ2) is 9.47. The van der Waals surface area contributed by atoms with Crippen LogP contribution in [0.4, 0.5) is 10.1 Å². The fourth-order valence-corrected chi connectivity index (χ4v) is 5.98. The number of hydrogen-bond donors (Lipinski definition) is 3. The van der Waals surface area contributed by atoms with Crippen molar-refractivity contribution in [1.29, 1.82) is 0 Å². The van der Waals surface area contributed by atoms with E-state index in [0.717, 1.165) is 34.6 Å². The molecule has 2 aromatic heterocycles. The maximum atomic E-state index is 14.3. The number of amides is 1. The van der Waals surface area contributed by atoms with Crippen molar-refractivity contribution in [2.45, 2.75) is 36.2 Å². The zero-order chi connectivity index (χ0) is 24.8. The summed E-state index contributed by atoms with van der Waals surface area (Å²) in [6.07, 6.45) is 1.92. The van der Waals surface area contributed by atoms with Gasteiger partial charge >= 0.3 is 0 Å². The van der Waals surface area contributed by atoms with Crippen LogP contribution in [0.2, 0.25) is 0 Å². The van der Waals surface area contributed by atoms with E-state index in [-0.39, 0.29) is 35.9 Å². The van der Waals surface area contributed by atoms with Gasteiger partial charge in [-0.2, -0.15) is 0 Å². The van der Waals surface area contributed by atoms with E-state index in [0.29, 0.717) is 30.9 Å². The lowest BCUT2D eigenvalue weighted by molar-refractivity contribution is -0.113. The molecule has 0 radical (unpaired) electrons. The van der Waals surface area contributed by atoms with Crippen LogP contribution in [0.1, 0.15) is 18.0 Å². The summed E-state index contributed by atoms with van der Waals surface area (Å²) >= 11 is 1.42. The first kappa shape index (κ1) is 23.4. The summed E-state index contributed by atoms with van der Waals surface area (Å²) < 4.78 is 21.7. The second-order valence-electron chi connectivity index (χ2n) is 9.46. The molecule has 1 fully saturated rings. The minimum Gasteiger partial charge on any atom is -0.486 e. The number of carbonyl (C=O) groups is 1. The Bertz CT molecular complexity index is 1400. The van der Waals surface area contributed by atoms with Crippen LogP contribution in [0, 0.1) is 5.82 Å². The molecule has 1 saturated heterocycles. The Kier molecular flexibility index (Phi) is 6.16. The lowest BCUT2D eigenvalue weighted by Gasteiger charge is -2.39. The largest absolute Gasteiger partial charge is 0.486 e. The molecule has 3 N–H and O–H groups in total. The average molecular weight is 512 g/mol. The molecular weight excluding hydrogens is 485 g/mol. The molecule has 0 unspecified atom stereocenters. The third kappa shape index (κ3) is 4.36. The van der Waals surface area contributed by atoms with Crippen LogP contribution in [-0.2, 0) is 11.3 Å². The molecule has 1 amide bonds. The number of pyridine rings is 2. The van der Waals surface area contributed by atoms with E-state index < -0.39 is 11.9 Å². The van der Waals surface area contributed by atoms with Gasteiger partial charge in [0, 0.05) is 43.3 Å². The van der Waals surface area contributed by atoms with E-state index in [2.05, 4.69) is 20.5 Å². The maximum absolute atomic E-state index is 14.3. The first-order chi connectivity index (χ1) is 17.5. The topological polar surface area (TPSA) is 109 Å². The van der Waals surface area contributed by atoms with E-state index in [1.54, 1.807) is 22.9 Å². The molecular formula is C25H26FN5O4S. The molecule has 3 aromatic rings. The third-order valence-electron chi connectivity index (χ3n) is 7.01. The van der Waals surface area contributed by atoms with Crippen molar-refractivity contribution in [3.8, 4) is 5.75 Å². The Labute approximate surface area is 210 Å². The van der Waals surface area contributed by atoms with Crippen LogP contribution in [0.25, 0.3) is 10.9 Å². The summed E-state index contributed by atoms with van der Waals surface area (Å²) in [7, 11) is 0.